The quantitative estimate of drug-likeness (QED) is 0.484. The van der Waals surface area contributed by atoms with Crippen molar-refractivity contribution in [1.29, 1.82) is 0 Å². The number of hydrogen-bond acceptors (Lipinski definition) is 7. The van der Waals surface area contributed by atoms with Crippen molar-refractivity contribution in [3.8, 4) is 5.75 Å². The van der Waals surface area contributed by atoms with Crippen LogP contribution < -0.4 is 4.74 Å². The normalized spacial score (nSPS) is 16.6. The molecule has 3 aromatic heterocycles. The van der Waals surface area contributed by atoms with Crippen molar-refractivity contribution >= 4 is 16.9 Å². The zero-order valence-corrected chi connectivity index (χ0v) is 18.4. The first-order chi connectivity index (χ1) is 16.2. The van der Waals surface area contributed by atoms with Crippen molar-refractivity contribution in [1.82, 2.24) is 25.2 Å². The van der Waals surface area contributed by atoms with Crippen LogP contribution in [0.1, 0.15) is 27.4 Å². The van der Waals surface area contributed by atoms with Crippen molar-refractivity contribution in [2.45, 2.75) is 20.0 Å². The zero-order valence-electron chi connectivity index (χ0n) is 18.4. The number of carbonyl (C=O) groups is 1. The minimum atomic E-state index is -0.0797. The van der Waals surface area contributed by atoms with Gasteiger partial charge in [-0.2, -0.15) is 0 Å². The number of aromatic nitrogens is 4. The molecule has 1 aliphatic rings. The average Bonchev–Trinajstić information content (AvgIpc) is 3.40. The van der Waals surface area contributed by atoms with Gasteiger partial charge in [-0.25, -0.2) is 9.61 Å². The Kier molecular flexibility index (Phi) is 6.03. The van der Waals surface area contributed by atoms with Crippen molar-refractivity contribution in [3.63, 3.8) is 0 Å². The van der Waals surface area contributed by atoms with Crippen LogP contribution in [0.15, 0.2) is 53.3 Å². The summed E-state index contributed by atoms with van der Waals surface area (Å²) in [4.78, 5) is 23.2. The Balaban J connectivity index is 1.29. The number of ether oxygens (including phenoxy) is 2. The number of hydrogen-bond donors (Lipinski definition) is 1. The molecule has 1 amide bonds. The van der Waals surface area contributed by atoms with Crippen molar-refractivity contribution in [3.05, 3.63) is 71.3 Å². The Bertz CT molecular complexity index is 1250. The van der Waals surface area contributed by atoms with Gasteiger partial charge in [-0.1, -0.05) is 22.4 Å². The predicted octanol–water partition coefficient (Wildman–Crippen LogP) is 3.16. The number of rotatable bonds is 6. The van der Waals surface area contributed by atoms with Gasteiger partial charge < -0.3 is 19.4 Å². The molecule has 4 heterocycles. The molecule has 170 valence electrons. The molecule has 5 rings (SSSR count). The van der Waals surface area contributed by atoms with Gasteiger partial charge in [0.25, 0.3) is 5.91 Å². The van der Waals surface area contributed by atoms with Crippen LogP contribution in [0, 0.1) is 12.8 Å². The topological polar surface area (TPSA) is 106 Å². The Morgan fingerprint density at radius 3 is 3.00 bits per heavy atom. The summed E-state index contributed by atoms with van der Waals surface area (Å²) in [6.07, 6.45) is 2.62. The first kappa shape index (κ1) is 21.1. The second-order valence-electron chi connectivity index (χ2n) is 8.20. The summed E-state index contributed by atoms with van der Waals surface area (Å²) in [6, 6.07) is 13.4. The minimum Gasteiger partial charge on any atom is -0.486 e. The van der Waals surface area contributed by atoms with E-state index in [1.807, 2.05) is 35.4 Å². The molecule has 4 aromatic rings. The van der Waals surface area contributed by atoms with E-state index in [4.69, 9.17) is 19.1 Å². The first-order valence-corrected chi connectivity index (χ1v) is 11.0. The van der Waals surface area contributed by atoms with Crippen molar-refractivity contribution in [2.75, 3.05) is 26.3 Å². The van der Waals surface area contributed by atoms with Gasteiger partial charge in [-0.05, 0) is 43.7 Å². The third kappa shape index (κ3) is 4.73. The van der Waals surface area contributed by atoms with Crippen LogP contribution in [0.2, 0.25) is 0 Å². The summed E-state index contributed by atoms with van der Waals surface area (Å²) in [7, 11) is 0. The van der Waals surface area contributed by atoms with E-state index in [-0.39, 0.29) is 18.4 Å². The molecule has 9 nitrogen and oxygen atoms in total. The summed E-state index contributed by atoms with van der Waals surface area (Å²) in [6.45, 7) is 4.18. The second-order valence-corrected chi connectivity index (χ2v) is 8.20. The molecule has 1 aromatic carbocycles. The van der Waals surface area contributed by atoms with Gasteiger partial charge in [0.1, 0.15) is 29.4 Å². The standard InChI is InChI=1S/C24H25N5O4/c1-16-21(28-33-27-16)15-32-22-5-3-2-4-20(22)24(30)29-10-11-31-14-17(13-29)12-19-7-6-18-8-9-25-23(18)26-19/h2-9,17H,10-15H2,1H3,(H,25,26)/t17-/m0/s1. The number of nitrogens with one attached hydrogen (secondary N) is 1. The lowest BCUT2D eigenvalue weighted by molar-refractivity contribution is 0.0732. The largest absolute Gasteiger partial charge is 0.486 e. The van der Waals surface area contributed by atoms with Crippen LogP contribution >= 0.6 is 0 Å². The highest BCUT2D eigenvalue weighted by Gasteiger charge is 2.26. The lowest BCUT2D eigenvalue weighted by atomic mass is 10.0. The Morgan fingerprint density at radius 2 is 2.12 bits per heavy atom. The van der Waals surface area contributed by atoms with E-state index >= 15 is 0 Å². The van der Waals surface area contributed by atoms with Gasteiger partial charge in [0.15, 0.2) is 0 Å². The highest BCUT2D eigenvalue weighted by molar-refractivity contribution is 5.97. The van der Waals surface area contributed by atoms with E-state index in [1.165, 1.54) is 0 Å². The van der Waals surface area contributed by atoms with Gasteiger partial charge >= 0.3 is 0 Å². The number of pyridine rings is 1. The van der Waals surface area contributed by atoms with Gasteiger partial charge in [0.2, 0.25) is 0 Å². The molecule has 33 heavy (non-hydrogen) atoms. The maximum atomic E-state index is 13.5. The summed E-state index contributed by atoms with van der Waals surface area (Å²) in [5.74, 6) is 0.572. The molecule has 9 heteroatoms. The lowest BCUT2D eigenvalue weighted by Gasteiger charge is -2.24. The summed E-state index contributed by atoms with van der Waals surface area (Å²) >= 11 is 0. The van der Waals surface area contributed by atoms with E-state index < -0.39 is 0 Å². The number of benzene rings is 1. The highest BCUT2D eigenvalue weighted by atomic mass is 16.6. The Morgan fingerprint density at radius 1 is 1.21 bits per heavy atom. The van der Waals surface area contributed by atoms with E-state index in [0.717, 1.165) is 23.1 Å². The summed E-state index contributed by atoms with van der Waals surface area (Å²) in [5.41, 5.74) is 3.63. The Hall–Kier alpha value is -3.72. The predicted molar refractivity (Wildman–Crippen MR) is 120 cm³/mol. The van der Waals surface area contributed by atoms with Gasteiger partial charge in [-0.3, -0.25) is 4.79 Å². The number of H-pyrrole nitrogens is 1. The van der Waals surface area contributed by atoms with Crippen LogP contribution in [0.4, 0.5) is 0 Å². The van der Waals surface area contributed by atoms with Gasteiger partial charge in [0, 0.05) is 36.3 Å². The molecule has 0 radical (unpaired) electrons. The number of aromatic amines is 1. The Labute approximate surface area is 190 Å². The maximum Gasteiger partial charge on any atom is 0.257 e. The van der Waals surface area contributed by atoms with Crippen LogP contribution in [0.25, 0.3) is 11.0 Å². The molecule has 1 saturated heterocycles. The summed E-state index contributed by atoms with van der Waals surface area (Å²) < 4.78 is 16.5. The number of para-hydroxylation sites is 1. The molecule has 0 saturated carbocycles. The molecule has 1 aliphatic heterocycles. The van der Waals surface area contributed by atoms with Crippen LogP contribution in [0.5, 0.6) is 5.75 Å². The van der Waals surface area contributed by atoms with Gasteiger partial charge in [0.05, 0.1) is 18.8 Å². The molecule has 0 bridgehead atoms. The molecular weight excluding hydrogens is 422 g/mol. The SMILES string of the molecule is Cc1nonc1COc1ccccc1C(=O)N1CCOC[C@@H](Cc2ccc3cc[nH]c3n2)C1. The number of nitrogens with zero attached hydrogens (tertiary/aromatic N) is 4. The van der Waals surface area contributed by atoms with Crippen molar-refractivity contribution < 1.29 is 18.9 Å². The smallest absolute Gasteiger partial charge is 0.257 e. The van der Waals surface area contributed by atoms with Gasteiger partial charge in [-0.15, -0.1) is 0 Å². The number of amides is 1. The minimum absolute atomic E-state index is 0.0797. The fourth-order valence-electron chi connectivity index (χ4n) is 4.03. The molecule has 0 aliphatic carbocycles. The highest BCUT2D eigenvalue weighted by Crippen LogP contribution is 2.23. The van der Waals surface area contributed by atoms with E-state index in [2.05, 4.69) is 21.4 Å². The monoisotopic (exact) mass is 447 g/mol. The fraction of sp³-hybridized carbons (Fsp3) is 0.333. The maximum absolute atomic E-state index is 13.5. The van der Waals surface area contributed by atoms with E-state index in [1.54, 1.807) is 19.1 Å². The zero-order chi connectivity index (χ0) is 22.6. The first-order valence-electron chi connectivity index (χ1n) is 11.0. The molecule has 1 fully saturated rings. The number of fused-ring (bicyclic) bond motifs is 1. The summed E-state index contributed by atoms with van der Waals surface area (Å²) in [5, 5.41) is 8.69. The van der Waals surface area contributed by atoms with Crippen LogP contribution in [0.3, 0.4) is 0 Å². The third-order valence-electron chi connectivity index (χ3n) is 5.82. The van der Waals surface area contributed by atoms with Crippen molar-refractivity contribution in [2.24, 2.45) is 5.92 Å². The third-order valence-corrected chi connectivity index (χ3v) is 5.82. The number of carbonyl (C=O) groups excluding carboxylic acids is 1. The van der Waals surface area contributed by atoms with E-state index in [9.17, 15) is 4.79 Å². The fourth-order valence-corrected chi connectivity index (χ4v) is 4.03. The molecule has 1 N–H and O–H groups in total. The molecule has 0 unspecified atom stereocenters. The van der Waals surface area contributed by atoms with Crippen LogP contribution in [-0.4, -0.2) is 57.4 Å². The molecule has 0 spiro atoms. The van der Waals surface area contributed by atoms with Crippen LogP contribution in [-0.2, 0) is 17.8 Å². The van der Waals surface area contributed by atoms with E-state index in [0.29, 0.717) is 49.0 Å². The second kappa shape index (κ2) is 9.41. The number of aryl methyl sites for hydroxylation is 1. The lowest BCUT2D eigenvalue weighted by Crippen LogP contribution is -2.36. The molecule has 1 atom stereocenters. The molecular formula is C24H25N5O4. The average molecular weight is 447 g/mol.